The largest absolute Gasteiger partial charge is 0.337 e. The van der Waals surface area contributed by atoms with Crippen molar-refractivity contribution in [2.24, 2.45) is 0 Å². The van der Waals surface area contributed by atoms with E-state index in [0.717, 1.165) is 0 Å². The Morgan fingerprint density at radius 1 is 0.926 bits per heavy atom. The molecule has 2 amide bonds. The Balaban J connectivity index is 1.65. The zero-order valence-electron chi connectivity index (χ0n) is 15.6. The van der Waals surface area contributed by atoms with Crippen LogP contribution in [0.25, 0.3) is 0 Å². The van der Waals surface area contributed by atoms with Gasteiger partial charge in [0, 0.05) is 37.8 Å². The molecule has 142 valence electrons. The van der Waals surface area contributed by atoms with E-state index < -0.39 is 0 Å². The Morgan fingerprint density at radius 2 is 1.56 bits per heavy atom. The number of nitrogens with zero attached hydrogens (tertiary/aromatic N) is 3. The van der Waals surface area contributed by atoms with Gasteiger partial charge in [0.25, 0.3) is 17.4 Å². The van der Waals surface area contributed by atoms with Crippen molar-refractivity contribution in [3.63, 3.8) is 0 Å². The molecule has 7 nitrogen and oxygen atoms in total. The van der Waals surface area contributed by atoms with Crippen LogP contribution in [0, 0.1) is 0 Å². The number of carbonyl (C=O) groups excluding carboxylic acids is 2. The molecule has 0 unspecified atom stereocenters. The highest BCUT2D eigenvalue weighted by Crippen LogP contribution is 2.16. The van der Waals surface area contributed by atoms with Crippen LogP contribution in [0.15, 0.2) is 41.2 Å². The van der Waals surface area contributed by atoms with Gasteiger partial charge in [0.2, 0.25) is 0 Å². The van der Waals surface area contributed by atoms with Crippen molar-refractivity contribution in [1.29, 1.82) is 0 Å². The van der Waals surface area contributed by atoms with Gasteiger partial charge in [-0.3, -0.25) is 14.4 Å². The molecule has 0 spiro atoms. The second kappa shape index (κ2) is 8.16. The number of aromatic nitrogens is 2. The van der Waals surface area contributed by atoms with Gasteiger partial charge in [-0.2, -0.15) is 5.10 Å². The SMILES string of the molecule is CC(C)c1ccc(C(=O)N2CCCN(C(=O)c3ccc(=O)[nH]n3)CC2)cc1. The molecule has 7 heteroatoms. The fourth-order valence-electron chi connectivity index (χ4n) is 3.14. The lowest BCUT2D eigenvalue weighted by Gasteiger charge is -2.22. The third-order valence-corrected chi connectivity index (χ3v) is 4.79. The van der Waals surface area contributed by atoms with Crippen LogP contribution in [0.4, 0.5) is 0 Å². The molecule has 1 aliphatic rings. The number of amides is 2. The Labute approximate surface area is 158 Å². The molecular formula is C20H24N4O3. The van der Waals surface area contributed by atoms with Crippen LogP contribution in [0.1, 0.15) is 52.6 Å². The predicted molar refractivity (Wildman–Crippen MR) is 102 cm³/mol. The number of benzene rings is 1. The maximum atomic E-state index is 12.8. The molecule has 27 heavy (non-hydrogen) atoms. The van der Waals surface area contributed by atoms with Gasteiger partial charge in [-0.15, -0.1) is 0 Å². The summed E-state index contributed by atoms with van der Waals surface area (Å²) in [6, 6.07) is 10.4. The fraction of sp³-hybridized carbons (Fsp3) is 0.400. The lowest BCUT2D eigenvalue weighted by atomic mass is 10.0. The molecule has 2 heterocycles. The summed E-state index contributed by atoms with van der Waals surface area (Å²) in [5.41, 5.74) is 1.73. The van der Waals surface area contributed by atoms with Gasteiger partial charge >= 0.3 is 0 Å². The molecular weight excluding hydrogens is 344 g/mol. The number of H-pyrrole nitrogens is 1. The summed E-state index contributed by atoms with van der Waals surface area (Å²) in [6.07, 6.45) is 0.699. The van der Waals surface area contributed by atoms with Crippen molar-refractivity contribution in [1.82, 2.24) is 20.0 Å². The van der Waals surface area contributed by atoms with Gasteiger partial charge in [-0.05, 0) is 36.1 Å². The summed E-state index contributed by atoms with van der Waals surface area (Å²) in [7, 11) is 0. The van der Waals surface area contributed by atoms with E-state index in [2.05, 4.69) is 24.0 Å². The van der Waals surface area contributed by atoms with Crippen LogP contribution in [0.5, 0.6) is 0 Å². The summed E-state index contributed by atoms with van der Waals surface area (Å²) in [5, 5.41) is 6.08. The molecule has 0 bridgehead atoms. The van der Waals surface area contributed by atoms with Crippen LogP contribution in [0.3, 0.4) is 0 Å². The first-order chi connectivity index (χ1) is 13.0. The first-order valence-electron chi connectivity index (χ1n) is 9.20. The van der Waals surface area contributed by atoms with Crippen LogP contribution in [-0.4, -0.2) is 58.0 Å². The average molecular weight is 368 g/mol. The maximum Gasteiger partial charge on any atom is 0.274 e. The van der Waals surface area contributed by atoms with Crippen molar-refractivity contribution >= 4 is 11.8 Å². The van der Waals surface area contributed by atoms with Gasteiger partial charge in [-0.1, -0.05) is 26.0 Å². The quantitative estimate of drug-likeness (QED) is 0.896. The Bertz CT molecular complexity index is 853. The van der Waals surface area contributed by atoms with Gasteiger partial charge in [0.1, 0.15) is 5.69 Å². The molecule has 2 aromatic rings. The number of rotatable bonds is 3. The first-order valence-corrected chi connectivity index (χ1v) is 9.20. The van der Waals surface area contributed by atoms with Gasteiger partial charge in [0.05, 0.1) is 0 Å². The molecule has 0 saturated carbocycles. The average Bonchev–Trinajstić information content (AvgIpc) is 2.94. The summed E-state index contributed by atoms with van der Waals surface area (Å²) >= 11 is 0. The van der Waals surface area contributed by atoms with E-state index >= 15 is 0 Å². The first kappa shape index (κ1) is 18.8. The van der Waals surface area contributed by atoms with Crippen molar-refractivity contribution < 1.29 is 9.59 Å². The topological polar surface area (TPSA) is 86.4 Å². The number of hydrogen-bond acceptors (Lipinski definition) is 4. The number of aromatic amines is 1. The highest BCUT2D eigenvalue weighted by atomic mass is 16.2. The minimum Gasteiger partial charge on any atom is -0.337 e. The molecule has 3 rings (SSSR count). The number of hydrogen-bond donors (Lipinski definition) is 1. The zero-order chi connectivity index (χ0) is 19.4. The monoisotopic (exact) mass is 368 g/mol. The van der Waals surface area contributed by atoms with Crippen molar-refractivity contribution in [2.45, 2.75) is 26.2 Å². The summed E-state index contributed by atoms with van der Waals surface area (Å²) in [5.74, 6) is 0.178. The number of carbonyl (C=O) groups is 2. The van der Waals surface area contributed by atoms with E-state index in [4.69, 9.17) is 0 Å². The lowest BCUT2D eigenvalue weighted by Crippen LogP contribution is -2.37. The minimum atomic E-state index is -0.345. The van der Waals surface area contributed by atoms with E-state index in [1.54, 1.807) is 9.80 Å². The van der Waals surface area contributed by atoms with Crippen LogP contribution >= 0.6 is 0 Å². The highest BCUT2D eigenvalue weighted by Gasteiger charge is 2.24. The maximum absolute atomic E-state index is 12.8. The van der Waals surface area contributed by atoms with Gasteiger partial charge < -0.3 is 9.80 Å². The van der Waals surface area contributed by atoms with E-state index in [0.29, 0.717) is 44.1 Å². The van der Waals surface area contributed by atoms with E-state index in [-0.39, 0.29) is 23.1 Å². The molecule has 1 fully saturated rings. The Hall–Kier alpha value is -2.96. The standard InChI is InChI=1S/C20H24N4O3/c1-14(2)15-4-6-16(7-5-15)19(26)23-10-3-11-24(13-12-23)20(27)17-8-9-18(25)22-21-17/h4-9,14H,3,10-13H2,1-2H3,(H,22,25). The molecule has 1 aromatic carbocycles. The Morgan fingerprint density at radius 3 is 2.11 bits per heavy atom. The predicted octanol–water partition coefficient (Wildman–Crippen LogP) is 1.88. The molecule has 0 atom stereocenters. The molecule has 1 N–H and O–H groups in total. The van der Waals surface area contributed by atoms with Crippen molar-refractivity contribution in [3.05, 3.63) is 63.6 Å². The van der Waals surface area contributed by atoms with Crippen LogP contribution in [-0.2, 0) is 0 Å². The van der Waals surface area contributed by atoms with Crippen LogP contribution < -0.4 is 5.56 Å². The minimum absolute atomic E-state index is 0.0122. The van der Waals surface area contributed by atoms with Crippen LogP contribution in [0.2, 0.25) is 0 Å². The summed E-state index contributed by atoms with van der Waals surface area (Å²) in [4.78, 5) is 39.9. The second-order valence-corrected chi connectivity index (χ2v) is 7.02. The molecule has 1 aromatic heterocycles. The van der Waals surface area contributed by atoms with Gasteiger partial charge in [0.15, 0.2) is 0 Å². The van der Waals surface area contributed by atoms with Crippen molar-refractivity contribution in [2.75, 3.05) is 26.2 Å². The Kier molecular flexibility index (Phi) is 5.69. The van der Waals surface area contributed by atoms with Gasteiger partial charge in [-0.25, -0.2) is 5.10 Å². The summed E-state index contributed by atoms with van der Waals surface area (Å²) < 4.78 is 0. The van der Waals surface area contributed by atoms with Crippen molar-refractivity contribution in [3.8, 4) is 0 Å². The van der Waals surface area contributed by atoms with E-state index in [1.807, 2.05) is 24.3 Å². The smallest absolute Gasteiger partial charge is 0.274 e. The van der Waals surface area contributed by atoms with E-state index in [9.17, 15) is 14.4 Å². The highest BCUT2D eigenvalue weighted by molar-refractivity contribution is 5.94. The molecule has 1 aliphatic heterocycles. The number of nitrogens with one attached hydrogen (secondary N) is 1. The lowest BCUT2D eigenvalue weighted by molar-refractivity contribution is 0.0715. The molecule has 0 radical (unpaired) electrons. The third kappa shape index (κ3) is 4.42. The molecule has 1 saturated heterocycles. The molecule has 0 aliphatic carbocycles. The fourth-order valence-corrected chi connectivity index (χ4v) is 3.14. The second-order valence-electron chi connectivity index (χ2n) is 7.02. The zero-order valence-corrected chi connectivity index (χ0v) is 15.6. The third-order valence-electron chi connectivity index (χ3n) is 4.79. The van der Waals surface area contributed by atoms with E-state index in [1.165, 1.54) is 17.7 Å². The normalized spacial score (nSPS) is 14.9. The summed E-state index contributed by atoms with van der Waals surface area (Å²) in [6.45, 7) is 6.31.